The fraction of sp³-hybridized carbons (Fsp3) is 0.389. The maximum absolute atomic E-state index is 13.3. The van der Waals surface area contributed by atoms with Crippen LogP contribution in [0.1, 0.15) is 65.8 Å². The molecular weight excluding hydrogens is 352 g/mol. The van der Waals surface area contributed by atoms with Gasteiger partial charge < -0.3 is 4.57 Å². The van der Waals surface area contributed by atoms with Gasteiger partial charge in [-0.05, 0) is 42.5 Å². The van der Waals surface area contributed by atoms with Crippen molar-refractivity contribution in [2.24, 2.45) is 0 Å². The van der Waals surface area contributed by atoms with Gasteiger partial charge in [-0.2, -0.15) is 5.10 Å². The topological polar surface area (TPSA) is 89.4 Å². The number of halogens is 1. The van der Waals surface area contributed by atoms with Crippen molar-refractivity contribution in [1.82, 2.24) is 29.9 Å². The minimum atomic E-state index is -0.687. The summed E-state index contributed by atoms with van der Waals surface area (Å²) in [5.41, 5.74) is 1.67. The second-order valence-electron chi connectivity index (χ2n) is 6.62. The van der Waals surface area contributed by atoms with Crippen molar-refractivity contribution in [2.75, 3.05) is 0 Å². The summed E-state index contributed by atoms with van der Waals surface area (Å²) in [7, 11) is 0. The van der Waals surface area contributed by atoms with Crippen molar-refractivity contribution >= 4 is 17.4 Å². The van der Waals surface area contributed by atoms with Gasteiger partial charge in [0.1, 0.15) is 19.0 Å². The Morgan fingerprint density at radius 2 is 1.96 bits per heavy atom. The van der Waals surface area contributed by atoms with Gasteiger partial charge in [0.05, 0.1) is 0 Å². The number of ketones is 1. The number of hydrogen-bond donors (Lipinski definition) is 1. The smallest absolute Gasteiger partial charge is 0.193 e. The molecule has 4 rings (SSSR count). The molecule has 1 fully saturated rings. The average Bonchev–Trinajstić information content (AvgIpc) is 3.38. The summed E-state index contributed by atoms with van der Waals surface area (Å²) in [5, 5.41) is 15.0. The molecule has 1 N–H and O–H groups in total. The zero-order valence-corrected chi connectivity index (χ0v) is 14.9. The highest BCUT2D eigenvalue weighted by atomic mass is 35.5. The maximum Gasteiger partial charge on any atom is 0.193 e. The van der Waals surface area contributed by atoms with Crippen molar-refractivity contribution in [1.29, 1.82) is 0 Å². The van der Waals surface area contributed by atoms with Crippen LogP contribution in [0.5, 0.6) is 0 Å². The van der Waals surface area contributed by atoms with Crippen LogP contribution < -0.4 is 0 Å². The molecule has 2 aromatic heterocycles. The third-order valence-corrected chi connectivity index (χ3v) is 5.35. The van der Waals surface area contributed by atoms with Crippen molar-refractivity contribution in [3.05, 3.63) is 59.2 Å². The van der Waals surface area contributed by atoms with Crippen LogP contribution in [0.15, 0.2) is 37.2 Å². The first-order valence-corrected chi connectivity index (χ1v) is 9.15. The lowest BCUT2D eigenvalue weighted by atomic mass is 9.83. The number of carbonyl (C=O) groups is 1. The van der Waals surface area contributed by atoms with E-state index in [9.17, 15) is 4.79 Å². The zero-order valence-electron chi connectivity index (χ0n) is 14.2. The number of nitrogens with zero attached hydrogens (tertiary/aromatic N) is 5. The van der Waals surface area contributed by atoms with Crippen molar-refractivity contribution in [2.45, 2.75) is 44.1 Å². The van der Waals surface area contributed by atoms with Crippen LogP contribution in [0.4, 0.5) is 0 Å². The number of rotatable bonds is 5. The summed E-state index contributed by atoms with van der Waals surface area (Å²) in [6, 6.07) is 4.84. The molecule has 0 aliphatic heterocycles. The zero-order chi connectivity index (χ0) is 17.9. The Morgan fingerprint density at radius 1 is 1.19 bits per heavy atom. The molecule has 1 atom stereocenters. The van der Waals surface area contributed by atoms with Crippen LogP contribution in [0, 0.1) is 0 Å². The summed E-state index contributed by atoms with van der Waals surface area (Å²) in [4.78, 5) is 17.4. The minimum Gasteiger partial charge on any atom is -0.302 e. The molecule has 2 heterocycles. The fourth-order valence-corrected chi connectivity index (χ4v) is 3.94. The fourth-order valence-electron chi connectivity index (χ4n) is 3.67. The number of benzene rings is 1. The highest BCUT2D eigenvalue weighted by Gasteiger charge is 2.28. The number of aromatic amines is 1. The summed E-state index contributed by atoms with van der Waals surface area (Å²) in [5.74, 6) is 0.766. The van der Waals surface area contributed by atoms with E-state index in [-0.39, 0.29) is 5.78 Å². The molecule has 0 spiro atoms. The van der Waals surface area contributed by atoms with E-state index in [1.54, 1.807) is 10.6 Å². The van der Waals surface area contributed by atoms with Crippen LogP contribution in [-0.4, -0.2) is 35.7 Å². The molecule has 1 aliphatic carbocycles. The van der Waals surface area contributed by atoms with E-state index in [0.29, 0.717) is 17.3 Å². The van der Waals surface area contributed by atoms with E-state index in [0.717, 1.165) is 23.4 Å². The number of aromatic nitrogens is 6. The van der Waals surface area contributed by atoms with Gasteiger partial charge in [-0.3, -0.25) is 9.89 Å². The molecule has 7 nitrogen and oxygen atoms in total. The molecule has 1 aromatic carbocycles. The summed E-state index contributed by atoms with van der Waals surface area (Å²) < 4.78 is 1.62. The Bertz CT molecular complexity index is 837. The monoisotopic (exact) mass is 370 g/mol. The van der Waals surface area contributed by atoms with Gasteiger partial charge in [0.2, 0.25) is 0 Å². The lowest BCUT2D eigenvalue weighted by molar-refractivity contribution is 0.0941. The minimum absolute atomic E-state index is 0.102. The normalized spacial score (nSPS) is 16.5. The largest absolute Gasteiger partial charge is 0.302 e. The summed E-state index contributed by atoms with van der Waals surface area (Å²) in [6.07, 6.45) is 10.3. The Labute approximate surface area is 155 Å². The second kappa shape index (κ2) is 7.37. The first-order valence-electron chi connectivity index (χ1n) is 8.77. The molecule has 134 valence electrons. The number of carbonyl (C=O) groups excluding carboxylic acids is 1. The molecule has 0 radical (unpaired) electrons. The van der Waals surface area contributed by atoms with Crippen molar-refractivity contribution < 1.29 is 4.79 Å². The Hall–Kier alpha value is -2.54. The number of H-pyrrole nitrogens is 1. The molecule has 1 saturated carbocycles. The molecule has 0 amide bonds. The van der Waals surface area contributed by atoms with E-state index in [1.807, 2.05) is 12.1 Å². The van der Waals surface area contributed by atoms with Crippen molar-refractivity contribution in [3.63, 3.8) is 0 Å². The predicted octanol–water partition coefficient (Wildman–Crippen LogP) is 3.57. The van der Waals surface area contributed by atoms with Crippen LogP contribution in [0.2, 0.25) is 5.02 Å². The molecule has 0 saturated heterocycles. The quantitative estimate of drug-likeness (QED) is 0.693. The first kappa shape index (κ1) is 16.9. The molecule has 3 aromatic rings. The highest BCUT2D eigenvalue weighted by Crippen LogP contribution is 2.37. The Morgan fingerprint density at radius 3 is 2.65 bits per heavy atom. The molecule has 26 heavy (non-hydrogen) atoms. The maximum atomic E-state index is 13.3. The Balaban J connectivity index is 1.70. The third-order valence-electron chi connectivity index (χ3n) is 5.00. The third kappa shape index (κ3) is 3.26. The lowest BCUT2D eigenvalue weighted by Crippen LogP contribution is -2.22. The van der Waals surface area contributed by atoms with Gasteiger partial charge in [0.25, 0.3) is 0 Å². The molecule has 0 bridgehead atoms. The van der Waals surface area contributed by atoms with Crippen LogP contribution in [0.25, 0.3) is 0 Å². The van der Waals surface area contributed by atoms with Gasteiger partial charge in [0.15, 0.2) is 17.6 Å². The van der Waals surface area contributed by atoms with Crippen LogP contribution in [0.3, 0.4) is 0 Å². The second-order valence-corrected chi connectivity index (χ2v) is 7.03. The number of nitrogens with one attached hydrogen (secondary N) is 1. The van der Waals surface area contributed by atoms with Gasteiger partial charge in [0, 0.05) is 10.6 Å². The lowest BCUT2D eigenvalue weighted by Gasteiger charge is -2.23. The Kier molecular flexibility index (Phi) is 4.79. The van der Waals surface area contributed by atoms with Crippen LogP contribution >= 0.6 is 11.6 Å². The van der Waals surface area contributed by atoms with Crippen molar-refractivity contribution in [3.8, 4) is 0 Å². The van der Waals surface area contributed by atoms with Gasteiger partial charge in [-0.1, -0.05) is 30.9 Å². The van der Waals surface area contributed by atoms with Gasteiger partial charge >= 0.3 is 0 Å². The molecular formula is C18H19ClN6O. The molecule has 1 aliphatic rings. The summed E-state index contributed by atoms with van der Waals surface area (Å²) in [6.45, 7) is 0. The number of Topliss-reactive ketones (excluding diaryl/α,β-unsaturated/α-hetero) is 1. The standard InChI is InChI=1S/C18H19ClN6O/c19-15-7-6-13(8-14(15)12-4-2-1-3-5-12)17(26)16(18-20-9-21-24-18)25-10-22-23-11-25/h6-12,16H,1-5H2,(H,20,21,24). The van der Waals surface area contributed by atoms with E-state index >= 15 is 0 Å². The van der Waals surface area contributed by atoms with E-state index in [2.05, 4.69) is 25.4 Å². The SMILES string of the molecule is O=C(c1ccc(Cl)c(C2CCCCC2)c1)C(c1ncn[nH]1)n1cnnc1. The first-order chi connectivity index (χ1) is 12.7. The van der Waals surface area contributed by atoms with Crippen LogP contribution in [-0.2, 0) is 0 Å². The molecule has 1 unspecified atom stereocenters. The molecule has 8 heteroatoms. The van der Waals surface area contributed by atoms with E-state index in [1.165, 1.54) is 38.2 Å². The van der Waals surface area contributed by atoms with Gasteiger partial charge in [-0.25, -0.2) is 4.98 Å². The number of hydrogen-bond acceptors (Lipinski definition) is 5. The van der Waals surface area contributed by atoms with E-state index in [4.69, 9.17) is 11.6 Å². The predicted molar refractivity (Wildman–Crippen MR) is 96.2 cm³/mol. The van der Waals surface area contributed by atoms with E-state index < -0.39 is 6.04 Å². The summed E-state index contributed by atoms with van der Waals surface area (Å²) >= 11 is 6.45. The highest BCUT2D eigenvalue weighted by molar-refractivity contribution is 6.31. The average molecular weight is 371 g/mol. The van der Waals surface area contributed by atoms with Gasteiger partial charge in [-0.15, -0.1) is 10.2 Å².